The van der Waals surface area contributed by atoms with Crippen LogP contribution in [-0.2, 0) is 28.4 Å². The van der Waals surface area contributed by atoms with Crippen molar-refractivity contribution in [3.63, 3.8) is 0 Å². The molecule has 0 spiro atoms. The molecule has 14 heterocycles. The van der Waals surface area contributed by atoms with Crippen LogP contribution in [0.2, 0.25) is 0 Å². The summed E-state index contributed by atoms with van der Waals surface area (Å²) >= 11 is 0. The third-order valence-corrected chi connectivity index (χ3v) is 21.4. The Morgan fingerprint density at radius 3 is 1.16 bits per heavy atom. The largest absolute Gasteiger partial charge is 0.461 e. The lowest BCUT2D eigenvalue weighted by Crippen LogP contribution is -2.45. The number of ether oxygens (including phenoxy) is 8. The van der Waals surface area contributed by atoms with E-state index >= 15 is 0 Å². The number of nitrogens with one attached hydrogen (secondary N) is 4. The van der Waals surface area contributed by atoms with E-state index in [2.05, 4.69) is 25.0 Å². The normalized spacial score (nSPS) is 32.9. The first-order valence-electron chi connectivity index (χ1n) is 34.8. The van der Waals surface area contributed by atoms with E-state index < -0.39 is 209 Å². The van der Waals surface area contributed by atoms with Crippen LogP contribution in [0.3, 0.4) is 0 Å². The van der Waals surface area contributed by atoms with Gasteiger partial charge in [0.25, 0.3) is 33.4 Å². The third-order valence-electron chi connectivity index (χ3n) is 21.4. The van der Waals surface area contributed by atoms with Crippen LogP contribution in [-0.4, -0.2) is 207 Å². The van der Waals surface area contributed by atoms with Crippen LogP contribution >= 0.6 is 0 Å². The van der Waals surface area contributed by atoms with Gasteiger partial charge in [0.1, 0.15) is 42.2 Å². The van der Waals surface area contributed by atoms with Crippen molar-refractivity contribution in [1.29, 1.82) is 0 Å². The highest BCUT2D eigenvalue weighted by Crippen LogP contribution is 2.50. The van der Waals surface area contributed by atoms with Gasteiger partial charge in [-0.2, -0.15) is 9.97 Å². The summed E-state index contributed by atoms with van der Waals surface area (Å²) in [5.74, 6) is -2.37. The summed E-state index contributed by atoms with van der Waals surface area (Å²) in [7, 11) is 0. The maximum absolute atomic E-state index is 14.5. The van der Waals surface area contributed by atoms with Crippen molar-refractivity contribution in [3.05, 3.63) is 188 Å². The lowest BCUT2D eigenvalue weighted by Gasteiger charge is -2.30. The molecule has 22 atom stereocenters. The van der Waals surface area contributed by atoms with Crippen LogP contribution in [0.4, 0.5) is 26.3 Å². The fourth-order valence-corrected chi connectivity index (χ4v) is 14.0. The summed E-state index contributed by atoms with van der Waals surface area (Å²) < 4.78 is 136. The highest BCUT2D eigenvalue weighted by atomic mass is 19.2. The second kappa shape index (κ2) is 34.8. The van der Waals surface area contributed by atoms with Gasteiger partial charge in [0, 0.05) is 108 Å². The number of aromatic amines is 4. The van der Waals surface area contributed by atoms with Gasteiger partial charge < -0.3 is 63.4 Å². The number of hydrogen-bond acceptors (Lipinski definition) is 26. The molecular formula is C66H85F6N15O23. The average molecular weight is 1570 g/mol. The summed E-state index contributed by atoms with van der Waals surface area (Å²) in [4.78, 5) is 131. The number of aliphatic hydroxyl groups is 5. The first-order valence-corrected chi connectivity index (χ1v) is 34.8. The van der Waals surface area contributed by atoms with Gasteiger partial charge in [0.15, 0.2) is 74.4 Å². The van der Waals surface area contributed by atoms with E-state index in [1.807, 2.05) is 42.6 Å². The number of alkyl halides is 6. The van der Waals surface area contributed by atoms with Gasteiger partial charge in [-0.15, -0.1) is 0 Å². The molecule has 0 amide bonds. The first kappa shape index (κ1) is 84.5. The highest BCUT2D eigenvalue weighted by molar-refractivity contribution is 5.13. The topological polar surface area (TPSA) is 513 Å². The van der Waals surface area contributed by atoms with Gasteiger partial charge in [0.05, 0.1) is 44.7 Å². The van der Waals surface area contributed by atoms with Crippen molar-refractivity contribution in [2.75, 3.05) is 46.2 Å². The molecule has 0 unspecified atom stereocenters. The van der Waals surface area contributed by atoms with Crippen LogP contribution in [0, 0.1) is 29.6 Å². The predicted octanol–water partition coefficient (Wildman–Crippen LogP) is 0.363. The SMILES string of the molecule is CCC1(CC)O[C@@H](n2ccc(=O)[nH]c2=O)[C@H](F)[C@@H]1C.CC[C@]12COc3nc(=O)ccn3[C@H](O1)[C@H](F)[C@@H]2C.C[C@H]1[C@@H](F)[C@H](n2ccc(=O)[nH]c2=O)OC1(CO)CO.C[C@H]1[C@@H](F)[C@H](n2ccc(=O)[nH]c2=O)O[C@@H]1CO.C[C@H]1[C@@H](F)[C@H]2O[C@]1(CN=[N+]=[N-])COc1nc(=O)ccn12.O=c1ccn([C@@H]2O[C@H](CO)[C@@H](O)[C@H]2F)c(=O)[nH]1. The van der Waals surface area contributed by atoms with E-state index in [1.54, 1.807) is 20.8 Å². The minimum Gasteiger partial charge on any atom is -0.461 e. The Labute approximate surface area is 616 Å². The average Bonchev–Trinajstić information content (AvgIpc) is 1.60. The second-order valence-corrected chi connectivity index (χ2v) is 27.3. The molecule has 8 aliphatic heterocycles. The molecule has 4 bridgehead atoms. The number of aliphatic hydroxyl groups excluding tert-OH is 5. The molecule has 6 saturated heterocycles. The predicted molar refractivity (Wildman–Crippen MR) is 367 cm³/mol. The summed E-state index contributed by atoms with van der Waals surface area (Å²) in [5, 5.41) is 49.3. The second-order valence-electron chi connectivity index (χ2n) is 27.3. The van der Waals surface area contributed by atoms with Crippen LogP contribution in [0.1, 0.15) is 112 Å². The van der Waals surface area contributed by atoms with Crippen LogP contribution in [0.15, 0.2) is 127 Å². The maximum atomic E-state index is 14.5. The van der Waals surface area contributed by atoms with Crippen molar-refractivity contribution >= 4 is 0 Å². The first-order chi connectivity index (χ1) is 52.1. The Morgan fingerprint density at radius 1 is 0.464 bits per heavy atom. The monoisotopic (exact) mass is 1570 g/mol. The van der Waals surface area contributed by atoms with Gasteiger partial charge in [-0.25, -0.2) is 45.5 Å². The van der Waals surface area contributed by atoms with Crippen molar-refractivity contribution in [2.24, 2.45) is 34.7 Å². The summed E-state index contributed by atoms with van der Waals surface area (Å²) in [6.07, 6.45) is -8.68. The van der Waals surface area contributed by atoms with Gasteiger partial charge in [-0.3, -0.25) is 76.1 Å². The number of halogens is 6. The van der Waals surface area contributed by atoms with Gasteiger partial charge in [-0.05, 0) is 24.8 Å². The number of H-pyrrole nitrogens is 4. The Morgan fingerprint density at radius 2 is 0.809 bits per heavy atom. The Kier molecular flexibility index (Phi) is 26.8. The van der Waals surface area contributed by atoms with E-state index in [1.165, 1.54) is 59.0 Å². The van der Waals surface area contributed by atoms with Crippen LogP contribution in [0.25, 0.3) is 10.4 Å². The van der Waals surface area contributed by atoms with E-state index in [9.17, 15) is 89.6 Å². The molecule has 38 nitrogen and oxygen atoms in total. The van der Waals surface area contributed by atoms with Gasteiger partial charge >= 0.3 is 34.8 Å². The summed E-state index contributed by atoms with van der Waals surface area (Å²) in [6, 6.07) is 7.07. The van der Waals surface area contributed by atoms with Crippen LogP contribution in [0.5, 0.6) is 12.0 Å². The minimum atomic E-state index is -1.85. The van der Waals surface area contributed by atoms with Crippen LogP contribution < -0.4 is 65.6 Å². The van der Waals surface area contributed by atoms with E-state index in [0.29, 0.717) is 19.3 Å². The fraction of sp³-hybridized carbons (Fsp3) is 0.636. The number of aromatic nitrogens is 12. The van der Waals surface area contributed by atoms with Crippen molar-refractivity contribution in [1.82, 2.24) is 57.3 Å². The van der Waals surface area contributed by atoms with Gasteiger partial charge in [-0.1, -0.05) is 60.5 Å². The number of azide groups is 1. The molecule has 0 radical (unpaired) electrons. The molecule has 6 aromatic heterocycles. The molecule has 110 heavy (non-hydrogen) atoms. The molecule has 6 aromatic rings. The highest BCUT2D eigenvalue weighted by Gasteiger charge is 2.59. The number of hydrogen-bond donors (Lipinski definition) is 9. The fourth-order valence-electron chi connectivity index (χ4n) is 14.0. The third kappa shape index (κ3) is 16.8. The van der Waals surface area contributed by atoms with Crippen molar-refractivity contribution in [2.45, 2.75) is 190 Å². The molecule has 0 aliphatic carbocycles. The van der Waals surface area contributed by atoms with Crippen molar-refractivity contribution in [3.8, 4) is 12.0 Å². The Balaban J connectivity index is 0.000000152. The summed E-state index contributed by atoms with van der Waals surface area (Å²) in [6.45, 7) is 12.4. The van der Waals surface area contributed by atoms with E-state index in [0.717, 1.165) is 48.9 Å². The number of nitrogens with zero attached hydrogens (tertiary/aromatic N) is 11. The quantitative estimate of drug-likeness (QED) is 0.0326. The van der Waals surface area contributed by atoms with Gasteiger partial charge in [0.2, 0.25) is 0 Å². The molecule has 8 aliphatic rings. The zero-order valence-corrected chi connectivity index (χ0v) is 60.3. The molecule has 0 saturated carbocycles. The zero-order chi connectivity index (χ0) is 80.8. The minimum absolute atomic E-state index is 0.0138. The Bertz CT molecular complexity index is 4680. The zero-order valence-electron chi connectivity index (χ0n) is 60.3. The molecule has 604 valence electrons. The van der Waals surface area contributed by atoms with Crippen molar-refractivity contribution < 1.29 is 89.8 Å². The summed E-state index contributed by atoms with van der Waals surface area (Å²) in [5.41, 5.74) is -1.36. The molecule has 14 rings (SSSR count). The lowest BCUT2D eigenvalue weighted by molar-refractivity contribution is -0.136. The standard InChI is InChI=1S/C13H19FN2O3.C12H15FN2O3.C11H12FN5O3.C11H15FN2O5.C10H13FN2O4.C9H11FN2O5/c1-4-13(5-2)8(3)10(14)11(19-13)16-7-6-9(17)15-12(16)18;1-3-12-6-17-11-14-8(16)4-5-15(11)10(18-12)9(13)7(12)2;1-6-8(12)9-17-3-2-7(18)15-10(17)19-5-11(6,20-9)4-14-16-13;1-6-8(12)9(19-11(6,4-15)5-16)14-3-2-7(17)13-10(14)18;1-5-6(4-14)17-9(8(5)11)13-3-2-7(15)12-10(13)16;10-6-7(15)4(3-13)17-8(6)12-2-1-5(14)11-9(12)16/h6-8,10-11H,4-5H2,1-3H3,(H,15,17,18);4-5,7,9-10H,3,6H2,1-2H3;2-3,6,8-9H,4-5H2,1H3;2-3,6,8-9,15-16H,4-5H2,1H3,(H,13,17,18);2-3,5-6,8-9,14H,4H2,1H3,(H,12,15,16);1-2,4,6-8,13,15H,3H2,(H,11,14,16)/t8-,10+,11+;7-,9+,10+,12+;6-,8+,9+,11+;6-,8+,9+;5-,6-,8-,9-;4-,6-,7-,8-/m000011/s1. The smallest absolute Gasteiger partial charge is 0.330 e. The Hall–Kier alpha value is -9.47. The molecular weight excluding hydrogens is 1480 g/mol. The van der Waals surface area contributed by atoms with E-state index in [-0.39, 0.29) is 50.2 Å². The number of rotatable bonds is 13. The molecule has 44 heteroatoms. The maximum Gasteiger partial charge on any atom is 0.330 e. The lowest BCUT2D eigenvalue weighted by atomic mass is 9.83. The number of fused-ring (bicyclic) bond motifs is 8. The van der Waals surface area contributed by atoms with E-state index in [4.69, 9.17) is 53.6 Å². The molecule has 0 aromatic carbocycles. The molecule has 6 fully saturated rings. The molecule has 9 N–H and O–H groups in total.